The first-order chi connectivity index (χ1) is 14.1. The van der Waals surface area contributed by atoms with Crippen LogP contribution in [0.15, 0.2) is 64.5 Å². The van der Waals surface area contributed by atoms with Gasteiger partial charge in [-0.05, 0) is 23.8 Å². The molecule has 29 heavy (non-hydrogen) atoms. The van der Waals surface area contributed by atoms with E-state index in [9.17, 15) is 9.59 Å². The molecule has 2 heterocycles. The lowest BCUT2D eigenvalue weighted by atomic mass is 10.1. The Kier molecular flexibility index (Phi) is 5.59. The van der Waals surface area contributed by atoms with E-state index >= 15 is 0 Å². The Morgan fingerprint density at radius 1 is 1.14 bits per heavy atom. The molecule has 0 aliphatic carbocycles. The summed E-state index contributed by atoms with van der Waals surface area (Å²) in [6, 6.07) is 16.5. The normalized spacial score (nSPS) is 10.9. The topological polar surface area (TPSA) is 105 Å². The van der Waals surface area contributed by atoms with Crippen molar-refractivity contribution >= 4 is 40.7 Å². The van der Waals surface area contributed by atoms with Crippen LogP contribution in [0.1, 0.15) is 11.3 Å². The summed E-state index contributed by atoms with van der Waals surface area (Å²) in [5, 5.41) is 16.0. The summed E-state index contributed by atoms with van der Waals surface area (Å²) in [7, 11) is 0. The number of nitrogens with zero attached hydrogens (tertiary/aromatic N) is 4. The Morgan fingerprint density at radius 3 is 2.76 bits per heavy atom. The van der Waals surface area contributed by atoms with Gasteiger partial charge in [0.25, 0.3) is 11.3 Å². The Balaban J connectivity index is 1.49. The highest BCUT2D eigenvalue weighted by atomic mass is 35.5. The van der Waals surface area contributed by atoms with Gasteiger partial charge in [-0.15, -0.1) is 10.2 Å². The highest BCUT2D eigenvalue weighted by molar-refractivity contribution is 7.99. The monoisotopic (exact) mass is 426 g/mol. The molecule has 146 valence electrons. The number of amides is 1. The fourth-order valence-corrected chi connectivity index (χ4v) is 3.53. The maximum absolute atomic E-state index is 12.3. The zero-order chi connectivity index (χ0) is 20.2. The number of carbonyl (C=O) groups is 1. The second-order valence-electron chi connectivity index (χ2n) is 6.13. The molecule has 10 heteroatoms. The van der Waals surface area contributed by atoms with Gasteiger partial charge in [0.2, 0.25) is 11.1 Å². The summed E-state index contributed by atoms with van der Waals surface area (Å²) in [4.78, 5) is 27.1. The molecule has 0 radical (unpaired) electrons. The molecule has 2 N–H and O–H groups in total. The lowest BCUT2D eigenvalue weighted by Gasteiger charge is -2.05. The molecule has 4 rings (SSSR count). The van der Waals surface area contributed by atoms with Gasteiger partial charge in [0.15, 0.2) is 0 Å². The predicted molar refractivity (Wildman–Crippen MR) is 111 cm³/mol. The van der Waals surface area contributed by atoms with Gasteiger partial charge in [-0.25, -0.2) is 0 Å². The number of H-pyrrole nitrogens is 1. The maximum Gasteiger partial charge on any atom is 0.274 e. The summed E-state index contributed by atoms with van der Waals surface area (Å²) in [6.45, 7) is 0. The first-order valence-electron chi connectivity index (χ1n) is 8.65. The van der Waals surface area contributed by atoms with Crippen molar-refractivity contribution in [3.63, 3.8) is 0 Å². The van der Waals surface area contributed by atoms with E-state index < -0.39 is 0 Å². The molecule has 0 aliphatic rings. The zero-order valence-corrected chi connectivity index (χ0v) is 16.6. The Bertz CT molecular complexity index is 1220. The average molecular weight is 427 g/mol. The molecule has 4 aromatic rings. The molecular formula is C19H15ClN6O2S. The fraction of sp³-hybridized carbons (Fsp3) is 0.105. The van der Waals surface area contributed by atoms with Crippen molar-refractivity contribution in [3.8, 4) is 0 Å². The smallest absolute Gasteiger partial charge is 0.274 e. The van der Waals surface area contributed by atoms with Crippen molar-refractivity contribution in [2.75, 3.05) is 11.1 Å². The summed E-state index contributed by atoms with van der Waals surface area (Å²) in [5.74, 6) is 0.106. The summed E-state index contributed by atoms with van der Waals surface area (Å²) < 4.78 is 1.44. The van der Waals surface area contributed by atoms with Crippen LogP contribution in [0.5, 0.6) is 0 Å². The van der Waals surface area contributed by atoms with Crippen LogP contribution in [-0.2, 0) is 11.2 Å². The van der Waals surface area contributed by atoms with Crippen LogP contribution in [0.3, 0.4) is 0 Å². The number of rotatable bonds is 6. The zero-order valence-electron chi connectivity index (χ0n) is 15.0. The standard InChI is InChI=1S/C19H15ClN6O2S/c20-13-7-4-8-14(10-13)21-16(27)11-29-19-24-23-18-22-17(28)15(25-26(18)19)9-12-5-2-1-3-6-12/h1-8,10H,9,11H2,(H,21,27)(H,22,23,28). The Labute approximate surface area is 174 Å². The fourth-order valence-electron chi connectivity index (χ4n) is 2.66. The number of nitrogens with one attached hydrogen (secondary N) is 2. The first-order valence-corrected chi connectivity index (χ1v) is 10.0. The van der Waals surface area contributed by atoms with Crippen molar-refractivity contribution in [2.45, 2.75) is 11.6 Å². The molecule has 0 atom stereocenters. The molecule has 8 nitrogen and oxygen atoms in total. The van der Waals surface area contributed by atoms with Crippen molar-refractivity contribution in [1.29, 1.82) is 0 Å². The summed E-state index contributed by atoms with van der Waals surface area (Å²) in [6.07, 6.45) is 0.379. The van der Waals surface area contributed by atoms with Crippen molar-refractivity contribution in [1.82, 2.24) is 24.8 Å². The van der Waals surface area contributed by atoms with E-state index in [4.69, 9.17) is 11.6 Å². The highest BCUT2D eigenvalue weighted by Crippen LogP contribution is 2.18. The molecule has 0 bridgehead atoms. The van der Waals surface area contributed by atoms with E-state index in [-0.39, 0.29) is 23.0 Å². The van der Waals surface area contributed by atoms with Gasteiger partial charge in [0, 0.05) is 17.1 Å². The van der Waals surface area contributed by atoms with E-state index in [0.29, 0.717) is 28.0 Å². The van der Waals surface area contributed by atoms with Gasteiger partial charge in [0.05, 0.1) is 5.75 Å². The number of hydrogen-bond donors (Lipinski definition) is 2. The lowest BCUT2D eigenvalue weighted by molar-refractivity contribution is -0.113. The van der Waals surface area contributed by atoms with Crippen molar-refractivity contribution in [2.24, 2.45) is 0 Å². The minimum atomic E-state index is -0.316. The van der Waals surface area contributed by atoms with Crippen LogP contribution in [0.2, 0.25) is 5.02 Å². The predicted octanol–water partition coefficient (Wildman–Crippen LogP) is 2.79. The first kappa shape index (κ1) is 19.2. The quantitative estimate of drug-likeness (QED) is 0.459. The van der Waals surface area contributed by atoms with Crippen molar-refractivity contribution < 1.29 is 4.79 Å². The second-order valence-corrected chi connectivity index (χ2v) is 7.51. The molecule has 2 aromatic heterocycles. The third kappa shape index (κ3) is 4.64. The number of thioether (sulfide) groups is 1. The van der Waals surface area contributed by atoms with Gasteiger partial charge in [0.1, 0.15) is 5.69 Å². The molecule has 2 aromatic carbocycles. The van der Waals surface area contributed by atoms with Crippen molar-refractivity contribution in [3.05, 3.63) is 81.2 Å². The second kappa shape index (κ2) is 8.46. The molecule has 0 aliphatic heterocycles. The molecule has 1 amide bonds. The maximum atomic E-state index is 12.3. The third-order valence-electron chi connectivity index (χ3n) is 3.98. The van der Waals surface area contributed by atoms with Gasteiger partial charge < -0.3 is 5.32 Å². The van der Waals surface area contributed by atoms with Crippen LogP contribution >= 0.6 is 23.4 Å². The number of carbonyl (C=O) groups excluding carboxylic acids is 1. The molecule has 0 saturated heterocycles. The van der Waals surface area contributed by atoms with Gasteiger partial charge in [-0.3, -0.25) is 14.6 Å². The highest BCUT2D eigenvalue weighted by Gasteiger charge is 2.14. The molecule has 0 spiro atoms. The van der Waals surface area contributed by atoms with Crippen LogP contribution in [0.4, 0.5) is 5.69 Å². The van der Waals surface area contributed by atoms with Crippen LogP contribution in [-0.4, -0.2) is 36.5 Å². The summed E-state index contributed by atoms with van der Waals surface area (Å²) >= 11 is 7.09. The van der Waals surface area contributed by atoms with Crippen LogP contribution in [0, 0.1) is 0 Å². The largest absolute Gasteiger partial charge is 0.325 e. The van der Waals surface area contributed by atoms with Crippen LogP contribution < -0.4 is 10.9 Å². The molecule has 0 saturated carbocycles. The lowest BCUT2D eigenvalue weighted by Crippen LogP contribution is -2.19. The minimum Gasteiger partial charge on any atom is -0.325 e. The molecular weight excluding hydrogens is 412 g/mol. The number of benzene rings is 2. The number of anilines is 1. The molecule has 0 unspecified atom stereocenters. The van der Waals surface area contributed by atoms with Gasteiger partial charge in [-0.1, -0.05) is 59.8 Å². The van der Waals surface area contributed by atoms with Gasteiger partial charge >= 0.3 is 0 Å². The third-order valence-corrected chi connectivity index (χ3v) is 5.13. The summed E-state index contributed by atoms with van der Waals surface area (Å²) in [5.41, 5.74) is 1.60. The Morgan fingerprint density at radius 2 is 1.97 bits per heavy atom. The molecule has 0 fully saturated rings. The van der Waals surface area contributed by atoms with E-state index in [2.05, 4.69) is 25.6 Å². The van der Waals surface area contributed by atoms with Crippen LogP contribution in [0.25, 0.3) is 5.78 Å². The minimum absolute atomic E-state index is 0.0993. The van der Waals surface area contributed by atoms with E-state index in [1.54, 1.807) is 24.3 Å². The van der Waals surface area contributed by atoms with E-state index in [1.807, 2.05) is 30.3 Å². The number of aromatic nitrogens is 5. The Hall–Kier alpha value is -3.17. The number of aromatic amines is 1. The van der Waals surface area contributed by atoms with E-state index in [0.717, 1.165) is 5.56 Å². The SMILES string of the molecule is O=C(CSc1nnc2[nH]c(=O)c(Cc3ccccc3)nn12)Nc1cccc(Cl)c1. The van der Waals surface area contributed by atoms with E-state index in [1.165, 1.54) is 16.3 Å². The number of hydrogen-bond acceptors (Lipinski definition) is 6. The number of fused-ring (bicyclic) bond motifs is 1. The van der Waals surface area contributed by atoms with Gasteiger partial charge in [-0.2, -0.15) is 9.61 Å². The average Bonchev–Trinajstić information content (AvgIpc) is 3.09. The number of halogens is 1.